The number of rotatable bonds is 1. The lowest BCUT2D eigenvalue weighted by atomic mass is 9.87. The van der Waals surface area contributed by atoms with Gasteiger partial charge in [0.15, 0.2) is 0 Å². The van der Waals surface area contributed by atoms with Crippen LogP contribution in [0.25, 0.3) is 10.2 Å². The maximum atomic E-state index is 13.7. The maximum absolute atomic E-state index is 13.7. The molecule has 2 atom stereocenters. The molecule has 3 heterocycles. The molecule has 1 spiro atoms. The molecule has 1 aliphatic carbocycles. The Labute approximate surface area is 148 Å². The highest BCUT2D eigenvalue weighted by molar-refractivity contribution is 7.18. The molecular formula is C18H19F2N3OS. The zero-order chi connectivity index (χ0) is 17.4. The smallest absolute Gasteiger partial charge is 0.319 e. The highest BCUT2D eigenvalue weighted by atomic mass is 32.1. The molecule has 132 valence electrons. The van der Waals surface area contributed by atoms with Gasteiger partial charge in [0.25, 0.3) is 5.92 Å². The number of fused-ring (bicyclic) bond motifs is 3. The number of carbonyl (C=O) groups excluding carboxylic acids is 1. The summed E-state index contributed by atoms with van der Waals surface area (Å²) < 4.78 is 28.6. The Bertz CT molecular complexity index is 866. The summed E-state index contributed by atoms with van der Waals surface area (Å²) >= 11 is 1.62. The van der Waals surface area contributed by atoms with Crippen LogP contribution >= 0.6 is 11.3 Å². The van der Waals surface area contributed by atoms with Crippen molar-refractivity contribution in [2.45, 2.75) is 57.0 Å². The fourth-order valence-corrected chi connectivity index (χ4v) is 5.62. The van der Waals surface area contributed by atoms with Crippen LogP contribution in [0.5, 0.6) is 0 Å². The van der Waals surface area contributed by atoms with Crippen molar-refractivity contribution in [1.82, 2.24) is 9.88 Å². The number of nitrogens with zero attached hydrogens (tertiary/aromatic N) is 2. The Morgan fingerprint density at radius 1 is 1.32 bits per heavy atom. The standard InChI is InChI=1S/C18H19F2N3OS/c1-10-21-14-6-11(2-5-15(14)25-10)22-16(24)23-12-3-4-13(23)8-17(7-12)9-18(17,19)20/h2,5-6,12-13H,3-4,7-9H2,1H3,(H,22,24). The number of halogens is 2. The molecule has 1 saturated carbocycles. The molecule has 2 aromatic rings. The van der Waals surface area contributed by atoms with Crippen molar-refractivity contribution >= 4 is 33.3 Å². The fourth-order valence-electron chi connectivity index (χ4n) is 4.81. The molecule has 3 fully saturated rings. The van der Waals surface area contributed by atoms with Crippen molar-refractivity contribution < 1.29 is 13.6 Å². The van der Waals surface area contributed by atoms with Gasteiger partial charge in [0.05, 0.1) is 15.2 Å². The van der Waals surface area contributed by atoms with Gasteiger partial charge >= 0.3 is 6.03 Å². The van der Waals surface area contributed by atoms with Crippen LogP contribution in [0.1, 0.15) is 37.1 Å². The Morgan fingerprint density at radius 3 is 2.64 bits per heavy atom. The molecule has 2 saturated heterocycles. The lowest BCUT2D eigenvalue weighted by molar-refractivity contribution is 0.0186. The summed E-state index contributed by atoms with van der Waals surface area (Å²) in [5.41, 5.74) is 0.754. The van der Waals surface area contributed by atoms with E-state index in [9.17, 15) is 13.6 Å². The zero-order valence-corrected chi connectivity index (χ0v) is 14.7. The number of nitrogens with one attached hydrogen (secondary N) is 1. The molecule has 25 heavy (non-hydrogen) atoms. The Kier molecular flexibility index (Phi) is 3.04. The van der Waals surface area contributed by atoms with Crippen molar-refractivity contribution in [3.8, 4) is 0 Å². The first-order valence-electron chi connectivity index (χ1n) is 8.71. The lowest BCUT2D eigenvalue weighted by Gasteiger charge is -2.39. The number of urea groups is 1. The number of hydrogen-bond acceptors (Lipinski definition) is 3. The van der Waals surface area contributed by atoms with Crippen molar-refractivity contribution in [3.63, 3.8) is 0 Å². The van der Waals surface area contributed by atoms with E-state index in [0.717, 1.165) is 28.1 Å². The van der Waals surface area contributed by atoms with Gasteiger partial charge in [0.2, 0.25) is 0 Å². The van der Waals surface area contributed by atoms with Crippen LogP contribution in [-0.2, 0) is 0 Å². The van der Waals surface area contributed by atoms with Gasteiger partial charge in [-0.05, 0) is 50.8 Å². The molecule has 2 amide bonds. The van der Waals surface area contributed by atoms with Crippen LogP contribution in [0.3, 0.4) is 0 Å². The Morgan fingerprint density at radius 2 is 2.00 bits per heavy atom. The van der Waals surface area contributed by atoms with Gasteiger partial charge in [-0.1, -0.05) is 0 Å². The van der Waals surface area contributed by atoms with E-state index < -0.39 is 11.3 Å². The van der Waals surface area contributed by atoms with Gasteiger partial charge in [0, 0.05) is 29.6 Å². The molecule has 1 aromatic heterocycles. The van der Waals surface area contributed by atoms with Crippen molar-refractivity contribution in [3.05, 3.63) is 23.2 Å². The number of hydrogen-bond donors (Lipinski definition) is 1. The topological polar surface area (TPSA) is 45.2 Å². The third-order valence-electron chi connectivity index (χ3n) is 6.06. The van der Waals surface area contributed by atoms with Crippen LogP contribution in [0.4, 0.5) is 19.3 Å². The molecule has 1 N–H and O–H groups in total. The van der Waals surface area contributed by atoms with Crippen molar-refractivity contribution in [1.29, 1.82) is 0 Å². The Hall–Kier alpha value is -1.76. The number of carbonyl (C=O) groups is 1. The molecule has 2 bridgehead atoms. The summed E-state index contributed by atoms with van der Waals surface area (Å²) in [4.78, 5) is 19.0. The summed E-state index contributed by atoms with van der Waals surface area (Å²) in [7, 11) is 0. The second-order valence-corrected chi connectivity index (χ2v) is 8.94. The molecule has 4 nitrogen and oxygen atoms in total. The first-order chi connectivity index (χ1) is 11.9. The summed E-state index contributed by atoms with van der Waals surface area (Å²) in [5.74, 6) is -2.52. The normalized spacial score (nSPS) is 32.4. The number of aromatic nitrogens is 1. The third kappa shape index (κ3) is 2.28. The molecule has 2 unspecified atom stereocenters. The van der Waals surface area contributed by atoms with E-state index in [4.69, 9.17) is 0 Å². The lowest BCUT2D eigenvalue weighted by Crippen LogP contribution is -2.49. The number of benzene rings is 1. The van der Waals surface area contributed by atoms with Crippen LogP contribution in [0, 0.1) is 12.3 Å². The van der Waals surface area contributed by atoms with Gasteiger partial charge in [-0.3, -0.25) is 0 Å². The second kappa shape index (κ2) is 4.90. The summed E-state index contributed by atoms with van der Waals surface area (Å²) in [5, 5.41) is 3.94. The minimum Gasteiger partial charge on any atom is -0.319 e. The Balaban J connectivity index is 1.34. The molecule has 0 radical (unpaired) electrons. The molecular weight excluding hydrogens is 344 g/mol. The number of aryl methyl sites for hydroxylation is 1. The minimum atomic E-state index is -2.52. The highest BCUT2D eigenvalue weighted by Gasteiger charge is 2.74. The molecule has 3 aliphatic rings. The van der Waals surface area contributed by atoms with Gasteiger partial charge in [-0.15, -0.1) is 11.3 Å². The van der Waals surface area contributed by atoms with Crippen LogP contribution < -0.4 is 5.32 Å². The van der Waals surface area contributed by atoms with Gasteiger partial charge in [-0.25, -0.2) is 18.6 Å². The monoisotopic (exact) mass is 363 g/mol. The maximum Gasteiger partial charge on any atom is 0.322 e. The molecule has 7 heteroatoms. The zero-order valence-electron chi connectivity index (χ0n) is 13.9. The van der Waals surface area contributed by atoms with E-state index in [2.05, 4.69) is 10.3 Å². The first-order valence-corrected chi connectivity index (χ1v) is 9.53. The number of thiazole rings is 1. The van der Waals surface area contributed by atoms with E-state index in [1.165, 1.54) is 0 Å². The van der Waals surface area contributed by atoms with Crippen molar-refractivity contribution in [2.24, 2.45) is 5.41 Å². The van der Waals surface area contributed by atoms with Gasteiger partial charge < -0.3 is 10.2 Å². The molecule has 2 aliphatic heterocycles. The van der Waals surface area contributed by atoms with E-state index in [0.29, 0.717) is 18.5 Å². The first kappa shape index (κ1) is 15.5. The van der Waals surface area contributed by atoms with Crippen LogP contribution in [0.15, 0.2) is 18.2 Å². The highest BCUT2D eigenvalue weighted by Crippen LogP contribution is 2.69. The van der Waals surface area contributed by atoms with E-state index in [-0.39, 0.29) is 24.5 Å². The SMILES string of the molecule is Cc1nc2cc(NC(=O)N3C4CCC3CC3(C4)CC3(F)F)ccc2s1. The largest absolute Gasteiger partial charge is 0.322 e. The molecule has 5 rings (SSSR count). The number of amides is 2. The number of piperidine rings is 1. The van der Waals surface area contributed by atoms with E-state index in [1.807, 2.05) is 30.0 Å². The van der Waals surface area contributed by atoms with Crippen LogP contribution in [-0.4, -0.2) is 33.9 Å². The minimum absolute atomic E-state index is 0.00228. The predicted octanol–water partition coefficient (Wildman–Crippen LogP) is 4.79. The summed E-state index contributed by atoms with van der Waals surface area (Å²) in [6, 6.07) is 5.42. The summed E-state index contributed by atoms with van der Waals surface area (Å²) in [6.07, 6.45) is 2.55. The number of alkyl halides is 2. The average Bonchev–Trinajstić information content (AvgIpc) is 2.81. The van der Waals surface area contributed by atoms with Gasteiger partial charge in [0.1, 0.15) is 0 Å². The van der Waals surface area contributed by atoms with Crippen LogP contribution in [0.2, 0.25) is 0 Å². The van der Waals surface area contributed by atoms with Gasteiger partial charge in [-0.2, -0.15) is 0 Å². The van der Waals surface area contributed by atoms with Crippen molar-refractivity contribution in [2.75, 3.05) is 5.32 Å². The quantitative estimate of drug-likeness (QED) is 0.792. The predicted molar refractivity (Wildman–Crippen MR) is 93.3 cm³/mol. The number of anilines is 1. The average molecular weight is 363 g/mol. The van der Waals surface area contributed by atoms with E-state index >= 15 is 0 Å². The third-order valence-corrected chi connectivity index (χ3v) is 7.02. The fraction of sp³-hybridized carbons (Fsp3) is 0.556. The second-order valence-electron chi connectivity index (χ2n) is 7.71. The molecule has 1 aromatic carbocycles. The van der Waals surface area contributed by atoms with E-state index in [1.54, 1.807) is 11.3 Å². The summed E-state index contributed by atoms with van der Waals surface area (Å²) in [6.45, 7) is 1.96.